The minimum absolute atomic E-state index is 0.168. The predicted molar refractivity (Wildman–Crippen MR) is 74.6 cm³/mol. The minimum atomic E-state index is -0.429. The van der Waals surface area contributed by atoms with Crippen molar-refractivity contribution in [3.8, 4) is 0 Å². The Labute approximate surface area is 110 Å². The van der Waals surface area contributed by atoms with E-state index in [1.54, 1.807) is 0 Å². The maximum atomic E-state index is 9.83. The molecule has 0 spiro atoms. The van der Waals surface area contributed by atoms with Crippen molar-refractivity contribution in [2.45, 2.75) is 39.5 Å². The molecule has 1 rings (SSSR count). The van der Waals surface area contributed by atoms with Gasteiger partial charge in [0.2, 0.25) is 0 Å². The van der Waals surface area contributed by atoms with E-state index in [0.29, 0.717) is 13.2 Å². The van der Waals surface area contributed by atoms with Gasteiger partial charge in [0.15, 0.2) is 0 Å². The lowest BCUT2D eigenvalue weighted by Gasteiger charge is -2.21. The molecule has 1 aromatic rings. The molecule has 3 heteroatoms. The van der Waals surface area contributed by atoms with Crippen LogP contribution in [0.1, 0.15) is 25.0 Å². The molecule has 0 aliphatic carbocycles. The van der Waals surface area contributed by atoms with Crippen LogP contribution in [0.2, 0.25) is 0 Å². The zero-order valence-corrected chi connectivity index (χ0v) is 11.9. The zero-order chi connectivity index (χ0) is 13.5. The summed E-state index contributed by atoms with van der Waals surface area (Å²) in [5.74, 6) is 0. The van der Waals surface area contributed by atoms with Crippen LogP contribution in [0.15, 0.2) is 24.3 Å². The van der Waals surface area contributed by atoms with E-state index in [4.69, 9.17) is 4.74 Å². The van der Waals surface area contributed by atoms with Gasteiger partial charge in [0.05, 0.1) is 18.8 Å². The Morgan fingerprint density at radius 1 is 1.33 bits per heavy atom. The van der Waals surface area contributed by atoms with Gasteiger partial charge < -0.3 is 9.84 Å². The largest absolute Gasteiger partial charge is 0.389 e. The number of aryl methyl sites for hydroxylation is 1. The molecule has 3 nitrogen and oxygen atoms in total. The van der Waals surface area contributed by atoms with Gasteiger partial charge in [0.1, 0.15) is 0 Å². The molecule has 0 radical (unpaired) electrons. The van der Waals surface area contributed by atoms with Gasteiger partial charge in [0.25, 0.3) is 0 Å². The number of nitrogens with zero attached hydrogens (tertiary/aromatic N) is 1. The van der Waals surface area contributed by atoms with Crippen LogP contribution in [-0.2, 0) is 11.3 Å². The zero-order valence-electron chi connectivity index (χ0n) is 11.9. The lowest BCUT2D eigenvalue weighted by molar-refractivity contribution is -0.00634. The third-order valence-electron chi connectivity index (χ3n) is 2.68. The van der Waals surface area contributed by atoms with Crippen molar-refractivity contribution in [2.24, 2.45) is 0 Å². The van der Waals surface area contributed by atoms with Crippen molar-refractivity contribution >= 4 is 0 Å². The standard InChI is InChI=1S/C15H25NO2/c1-12(2)18-11-15(17)10-16(4)9-14-7-5-6-13(3)8-14/h5-8,12,15,17H,9-11H2,1-4H3. The van der Waals surface area contributed by atoms with Crippen LogP contribution in [0.5, 0.6) is 0 Å². The summed E-state index contributed by atoms with van der Waals surface area (Å²) in [6, 6.07) is 8.44. The van der Waals surface area contributed by atoms with Crippen LogP contribution in [0.25, 0.3) is 0 Å². The number of hydrogen-bond acceptors (Lipinski definition) is 3. The van der Waals surface area contributed by atoms with Crippen molar-refractivity contribution in [1.82, 2.24) is 4.90 Å². The number of benzene rings is 1. The average Bonchev–Trinajstić information content (AvgIpc) is 2.26. The van der Waals surface area contributed by atoms with Crippen molar-refractivity contribution < 1.29 is 9.84 Å². The summed E-state index contributed by atoms with van der Waals surface area (Å²) in [7, 11) is 2.01. The fraction of sp³-hybridized carbons (Fsp3) is 0.600. The molecule has 0 bridgehead atoms. The highest BCUT2D eigenvalue weighted by atomic mass is 16.5. The van der Waals surface area contributed by atoms with E-state index in [2.05, 4.69) is 36.1 Å². The van der Waals surface area contributed by atoms with Crippen molar-refractivity contribution in [3.05, 3.63) is 35.4 Å². The number of rotatable bonds is 7. The molecule has 0 aromatic heterocycles. The fourth-order valence-corrected chi connectivity index (χ4v) is 1.90. The molecule has 1 unspecified atom stereocenters. The second kappa shape index (κ2) is 7.52. The average molecular weight is 251 g/mol. The molecule has 0 saturated heterocycles. The lowest BCUT2D eigenvalue weighted by atomic mass is 10.1. The van der Waals surface area contributed by atoms with Crippen LogP contribution in [0.4, 0.5) is 0 Å². The normalized spacial score (nSPS) is 13.3. The van der Waals surface area contributed by atoms with E-state index in [1.807, 2.05) is 20.9 Å². The summed E-state index contributed by atoms with van der Waals surface area (Å²) in [6.07, 6.45) is -0.260. The number of aliphatic hydroxyl groups excluding tert-OH is 1. The van der Waals surface area contributed by atoms with Gasteiger partial charge in [-0.05, 0) is 33.4 Å². The van der Waals surface area contributed by atoms with E-state index in [1.165, 1.54) is 11.1 Å². The first kappa shape index (κ1) is 15.2. The van der Waals surface area contributed by atoms with Gasteiger partial charge in [-0.25, -0.2) is 0 Å². The third kappa shape index (κ3) is 6.15. The number of likely N-dealkylation sites (N-methyl/N-ethyl adjacent to an activating group) is 1. The minimum Gasteiger partial charge on any atom is -0.389 e. The first-order valence-corrected chi connectivity index (χ1v) is 6.51. The Morgan fingerprint density at radius 3 is 2.67 bits per heavy atom. The van der Waals surface area contributed by atoms with Crippen molar-refractivity contribution in [1.29, 1.82) is 0 Å². The van der Waals surface area contributed by atoms with Gasteiger partial charge >= 0.3 is 0 Å². The lowest BCUT2D eigenvalue weighted by Crippen LogP contribution is -2.32. The Kier molecular flexibility index (Phi) is 6.33. The summed E-state index contributed by atoms with van der Waals surface area (Å²) < 4.78 is 5.40. The molecule has 1 aromatic carbocycles. The van der Waals surface area contributed by atoms with E-state index >= 15 is 0 Å². The van der Waals surface area contributed by atoms with E-state index in [9.17, 15) is 5.11 Å². The fourth-order valence-electron chi connectivity index (χ4n) is 1.90. The summed E-state index contributed by atoms with van der Waals surface area (Å²) in [4.78, 5) is 2.11. The third-order valence-corrected chi connectivity index (χ3v) is 2.68. The van der Waals surface area contributed by atoms with E-state index < -0.39 is 6.10 Å². The summed E-state index contributed by atoms with van der Waals surface area (Å²) in [6.45, 7) is 7.91. The first-order valence-electron chi connectivity index (χ1n) is 6.51. The molecule has 1 atom stereocenters. The molecule has 18 heavy (non-hydrogen) atoms. The molecule has 1 N–H and O–H groups in total. The summed E-state index contributed by atoms with van der Waals surface area (Å²) in [5, 5.41) is 9.83. The topological polar surface area (TPSA) is 32.7 Å². The summed E-state index contributed by atoms with van der Waals surface area (Å²) in [5.41, 5.74) is 2.54. The van der Waals surface area contributed by atoms with E-state index in [-0.39, 0.29) is 6.10 Å². The quantitative estimate of drug-likeness (QED) is 0.806. The monoisotopic (exact) mass is 251 g/mol. The maximum Gasteiger partial charge on any atom is 0.0900 e. The molecule has 0 fully saturated rings. The summed E-state index contributed by atoms with van der Waals surface area (Å²) >= 11 is 0. The number of ether oxygens (including phenoxy) is 1. The van der Waals surface area contributed by atoms with Crippen molar-refractivity contribution in [2.75, 3.05) is 20.2 Å². The Hall–Kier alpha value is -0.900. The van der Waals surface area contributed by atoms with Gasteiger partial charge in [-0.2, -0.15) is 0 Å². The molecule has 0 saturated carbocycles. The highest BCUT2D eigenvalue weighted by molar-refractivity contribution is 5.21. The Morgan fingerprint density at radius 2 is 2.06 bits per heavy atom. The van der Waals surface area contributed by atoms with Gasteiger partial charge in [0, 0.05) is 13.1 Å². The number of aliphatic hydroxyl groups is 1. The van der Waals surface area contributed by atoms with Crippen LogP contribution in [0.3, 0.4) is 0 Å². The van der Waals surface area contributed by atoms with Gasteiger partial charge in [-0.3, -0.25) is 4.90 Å². The Bertz CT molecular complexity index is 352. The van der Waals surface area contributed by atoms with Crippen LogP contribution in [-0.4, -0.2) is 42.4 Å². The molecular weight excluding hydrogens is 226 g/mol. The van der Waals surface area contributed by atoms with Crippen LogP contribution < -0.4 is 0 Å². The molecular formula is C15H25NO2. The second-order valence-electron chi connectivity index (χ2n) is 5.22. The molecule has 102 valence electrons. The number of hydrogen-bond donors (Lipinski definition) is 1. The second-order valence-corrected chi connectivity index (χ2v) is 5.22. The molecule has 0 aliphatic rings. The maximum absolute atomic E-state index is 9.83. The van der Waals surface area contributed by atoms with Crippen LogP contribution >= 0.6 is 0 Å². The van der Waals surface area contributed by atoms with Crippen molar-refractivity contribution in [3.63, 3.8) is 0 Å². The highest BCUT2D eigenvalue weighted by Gasteiger charge is 2.09. The molecule has 0 aliphatic heterocycles. The molecule has 0 amide bonds. The van der Waals surface area contributed by atoms with E-state index in [0.717, 1.165) is 6.54 Å². The predicted octanol–water partition coefficient (Wildman–Crippen LogP) is 2.21. The SMILES string of the molecule is Cc1cccc(CN(C)CC(O)COC(C)C)c1. The van der Waals surface area contributed by atoms with Gasteiger partial charge in [-0.15, -0.1) is 0 Å². The first-order chi connectivity index (χ1) is 8.47. The highest BCUT2D eigenvalue weighted by Crippen LogP contribution is 2.07. The van der Waals surface area contributed by atoms with Gasteiger partial charge in [-0.1, -0.05) is 29.8 Å². The molecule has 0 heterocycles. The van der Waals surface area contributed by atoms with Crippen LogP contribution in [0, 0.1) is 6.92 Å². The Balaban J connectivity index is 2.34. The smallest absolute Gasteiger partial charge is 0.0900 e.